The Balaban J connectivity index is 1.67. The zero-order chi connectivity index (χ0) is 13.9. The topological polar surface area (TPSA) is 68.5 Å². The highest BCUT2D eigenvalue weighted by atomic mass is 35.5. The molecule has 0 fully saturated rings. The first-order valence-corrected chi connectivity index (χ1v) is 7.43. The lowest BCUT2D eigenvalue weighted by Gasteiger charge is -2.06. The van der Waals surface area contributed by atoms with Crippen molar-refractivity contribution in [2.45, 2.75) is 19.9 Å². The van der Waals surface area contributed by atoms with Crippen molar-refractivity contribution in [2.24, 2.45) is 0 Å². The summed E-state index contributed by atoms with van der Waals surface area (Å²) in [7, 11) is 0. The Labute approximate surface area is 124 Å². The fourth-order valence-corrected chi connectivity index (χ4v) is 3.05. The van der Waals surface area contributed by atoms with Crippen molar-refractivity contribution in [1.82, 2.24) is 25.0 Å². The minimum absolute atomic E-state index is 0.276. The van der Waals surface area contributed by atoms with E-state index in [9.17, 15) is 0 Å². The van der Waals surface area contributed by atoms with Crippen LogP contribution >= 0.6 is 22.9 Å². The number of halogens is 1. The van der Waals surface area contributed by atoms with Gasteiger partial charge >= 0.3 is 0 Å². The van der Waals surface area contributed by atoms with Crippen molar-refractivity contribution in [3.05, 3.63) is 28.6 Å². The molecular formula is C12H13ClN6S. The molecule has 8 heteroatoms. The summed E-state index contributed by atoms with van der Waals surface area (Å²) in [5, 5.41) is 12.3. The highest BCUT2D eigenvalue weighted by Gasteiger charge is 2.09. The number of anilines is 1. The zero-order valence-electron chi connectivity index (χ0n) is 10.9. The molecule has 0 unspecified atom stereocenters. The average molecular weight is 309 g/mol. The van der Waals surface area contributed by atoms with Gasteiger partial charge in [0.15, 0.2) is 0 Å². The number of thiophene rings is 1. The highest BCUT2D eigenvalue weighted by Crippen LogP contribution is 2.29. The minimum atomic E-state index is 0.276. The second kappa shape index (κ2) is 5.72. The van der Waals surface area contributed by atoms with E-state index < -0.39 is 0 Å². The van der Waals surface area contributed by atoms with Crippen LogP contribution in [0.5, 0.6) is 0 Å². The summed E-state index contributed by atoms with van der Waals surface area (Å²) in [5.74, 6) is 0.794. The molecule has 0 saturated carbocycles. The van der Waals surface area contributed by atoms with Gasteiger partial charge in [-0.25, -0.2) is 9.97 Å². The summed E-state index contributed by atoms with van der Waals surface area (Å²) in [4.78, 5) is 10.6. The van der Waals surface area contributed by atoms with Gasteiger partial charge in [0.1, 0.15) is 10.6 Å². The lowest BCUT2D eigenvalue weighted by molar-refractivity contribution is 0.569. The first kappa shape index (κ1) is 13.3. The number of fused-ring (bicyclic) bond motifs is 1. The van der Waals surface area contributed by atoms with E-state index in [1.807, 2.05) is 6.20 Å². The van der Waals surface area contributed by atoms with Crippen LogP contribution in [0.15, 0.2) is 18.5 Å². The van der Waals surface area contributed by atoms with Crippen LogP contribution in [0.25, 0.3) is 10.2 Å². The first-order valence-electron chi connectivity index (χ1n) is 6.24. The van der Waals surface area contributed by atoms with Gasteiger partial charge in [-0.2, -0.15) is 0 Å². The molecule has 3 aromatic rings. The molecule has 0 radical (unpaired) electrons. The van der Waals surface area contributed by atoms with Gasteiger partial charge in [-0.3, -0.25) is 4.68 Å². The van der Waals surface area contributed by atoms with Crippen LogP contribution in [-0.2, 0) is 6.54 Å². The molecule has 0 aliphatic rings. The maximum Gasteiger partial charge on any atom is 0.225 e. The summed E-state index contributed by atoms with van der Waals surface area (Å²) in [6.45, 7) is 3.66. The molecule has 3 aromatic heterocycles. The van der Waals surface area contributed by atoms with Gasteiger partial charge in [-0.15, -0.1) is 16.4 Å². The van der Waals surface area contributed by atoms with Crippen LogP contribution in [-0.4, -0.2) is 31.5 Å². The zero-order valence-corrected chi connectivity index (χ0v) is 12.4. The lowest BCUT2D eigenvalue weighted by atomic mass is 10.3. The average Bonchev–Trinajstić information content (AvgIpc) is 3.02. The van der Waals surface area contributed by atoms with E-state index >= 15 is 0 Å². The summed E-state index contributed by atoms with van der Waals surface area (Å²) in [5.41, 5.74) is 0. The molecule has 0 aliphatic carbocycles. The van der Waals surface area contributed by atoms with Crippen molar-refractivity contribution < 1.29 is 0 Å². The predicted octanol–water partition coefficient (Wildman–Crippen LogP) is 2.75. The molecule has 0 aromatic carbocycles. The smallest absolute Gasteiger partial charge is 0.225 e. The standard InChI is InChI=1S/C12H13ClN6S/c1-8-7-9-10(16-12(13)17-11(9)20-8)14-3-2-5-19-6-4-15-18-19/h4,6-7H,2-3,5H2,1H3,(H,14,16,17). The molecule has 20 heavy (non-hydrogen) atoms. The number of hydrogen-bond donors (Lipinski definition) is 1. The quantitative estimate of drug-likeness (QED) is 0.580. The van der Waals surface area contributed by atoms with Gasteiger partial charge < -0.3 is 5.32 Å². The highest BCUT2D eigenvalue weighted by molar-refractivity contribution is 7.18. The Hall–Kier alpha value is -1.73. The van der Waals surface area contributed by atoms with Gasteiger partial charge in [-0.05, 0) is 31.0 Å². The molecule has 0 saturated heterocycles. The number of rotatable bonds is 5. The third-order valence-corrected chi connectivity index (χ3v) is 3.93. The molecule has 0 amide bonds. The molecule has 3 heterocycles. The molecule has 0 atom stereocenters. The summed E-state index contributed by atoms with van der Waals surface area (Å²) < 4.78 is 1.80. The number of hydrogen-bond acceptors (Lipinski definition) is 6. The maximum absolute atomic E-state index is 5.95. The van der Waals surface area contributed by atoms with Crippen LogP contribution in [0.4, 0.5) is 5.82 Å². The summed E-state index contributed by atoms with van der Waals surface area (Å²) >= 11 is 7.57. The van der Waals surface area contributed by atoms with Gasteiger partial charge in [0.2, 0.25) is 5.28 Å². The number of nitrogens with zero attached hydrogens (tertiary/aromatic N) is 5. The van der Waals surface area contributed by atoms with Crippen molar-refractivity contribution in [3.8, 4) is 0 Å². The molecule has 3 rings (SSSR count). The molecule has 6 nitrogen and oxygen atoms in total. The molecule has 104 valence electrons. The molecule has 0 bridgehead atoms. The van der Waals surface area contributed by atoms with E-state index in [1.54, 1.807) is 22.2 Å². The van der Waals surface area contributed by atoms with E-state index in [0.29, 0.717) is 0 Å². The minimum Gasteiger partial charge on any atom is -0.369 e. The Bertz CT molecular complexity index is 708. The fourth-order valence-electron chi connectivity index (χ4n) is 1.95. The molecule has 0 aliphatic heterocycles. The van der Waals surface area contributed by atoms with Crippen LogP contribution < -0.4 is 5.32 Å². The molecular weight excluding hydrogens is 296 g/mol. The van der Waals surface area contributed by atoms with Crippen LogP contribution in [0.2, 0.25) is 5.28 Å². The SMILES string of the molecule is Cc1cc2c(NCCCn3ccnn3)nc(Cl)nc2s1. The lowest BCUT2D eigenvalue weighted by Crippen LogP contribution is -2.08. The van der Waals surface area contributed by atoms with Crippen molar-refractivity contribution in [1.29, 1.82) is 0 Å². The van der Waals surface area contributed by atoms with Gasteiger partial charge in [0, 0.05) is 24.2 Å². The van der Waals surface area contributed by atoms with Crippen LogP contribution in [0, 0.1) is 6.92 Å². The van der Waals surface area contributed by atoms with Gasteiger partial charge in [0.25, 0.3) is 0 Å². The predicted molar refractivity (Wildman–Crippen MR) is 80.3 cm³/mol. The molecule has 1 N–H and O–H groups in total. The second-order valence-electron chi connectivity index (χ2n) is 4.36. The number of aromatic nitrogens is 5. The first-order chi connectivity index (χ1) is 9.72. The largest absolute Gasteiger partial charge is 0.369 e. The van der Waals surface area contributed by atoms with Gasteiger partial charge in [-0.1, -0.05) is 5.21 Å². The van der Waals surface area contributed by atoms with Crippen LogP contribution in [0.3, 0.4) is 0 Å². The van der Waals surface area contributed by atoms with Crippen molar-refractivity contribution in [3.63, 3.8) is 0 Å². The van der Waals surface area contributed by atoms with Crippen LogP contribution in [0.1, 0.15) is 11.3 Å². The molecule has 0 spiro atoms. The number of nitrogens with one attached hydrogen (secondary N) is 1. The van der Waals surface area contributed by atoms with E-state index in [-0.39, 0.29) is 5.28 Å². The normalized spacial score (nSPS) is 11.1. The van der Waals surface area contributed by atoms with Crippen molar-refractivity contribution >= 4 is 39.0 Å². The Morgan fingerprint density at radius 1 is 1.40 bits per heavy atom. The van der Waals surface area contributed by atoms with E-state index in [0.717, 1.165) is 35.5 Å². The summed E-state index contributed by atoms with van der Waals surface area (Å²) in [6.07, 6.45) is 4.45. The monoisotopic (exact) mass is 308 g/mol. The van der Waals surface area contributed by atoms with E-state index in [4.69, 9.17) is 11.6 Å². The summed E-state index contributed by atoms with van der Waals surface area (Å²) in [6, 6.07) is 2.08. The number of aryl methyl sites for hydroxylation is 2. The van der Waals surface area contributed by atoms with E-state index in [1.165, 1.54) is 4.88 Å². The third kappa shape index (κ3) is 2.88. The van der Waals surface area contributed by atoms with Crippen molar-refractivity contribution in [2.75, 3.05) is 11.9 Å². The van der Waals surface area contributed by atoms with Gasteiger partial charge in [0.05, 0.1) is 11.6 Å². The van der Waals surface area contributed by atoms with E-state index in [2.05, 4.69) is 38.6 Å². The fraction of sp³-hybridized carbons (Fsp3) is 0.333. The maximum atomic E-state index is 5.95. The Morgan fingerprint density at radius 3 is 3.10 bits per heavy atom. The Morgan fingerprint density at radius 2 is 2.30 bits per heavy atom. The second-order valence-corrected chi connectivity index (χ2v) is 5.94. The Kier molecular flexibility index (Phi) is 3.79. The third-order valence-electron chi connectivity index (χ3n) is 2.82.